The first-order chi connectivity index (χ1) is 55.7. The minimum atomic E-state index is -2.46. The number of anilines is 1. The van der Waals surface area contributed by atoms with E-state index in [9.17, 15) is 72.9 Å². The summed E-state index contributed by atoms with van der Waals surface area (Å²) >= 11 is 0. The third-order valence-electron chi connectivity index (χ3n) is 23.9. The van der Waals surface area contributed by atoms with Gasteiger partial charge in [-0.1, -0.05) is 78.7 Å². The number of allylic oxidation sites excluding steroid dienone is 5. The normalized spacial score (nSPS) is 27.9. The number of rotatable bonds is 47. The number of nitrogens with two attached hydrogens (primary N) is 1. The summed E-state index contributed by atoms with van der Waals surface area (Å²) in [6, 6.07) is -2.16. The van der Waals surface area contributed by atoms with Crippen LogP contribution < -0.4 is 48.3 Å². The van der Waals surface area contributed by atoms with Gasteiger partial charge in [-0.05, 0) is 161 Å². The number of alkyl carbamates (subject to hydrolysis) is 2. The number of aliphatic hydroxyl groups is 2. The molecule has 1 aromatic rings. The van der Waals surface area contributed by atoms with E-state index < -0.39 is 199 Å². The maximum absolute atomic E-state index is 18.1. The predicted molar refractivity (Wildman–Crippen MR) is 417 cm³/mol. The van der Waals surface area contributed by atoms with Crippen molar-refractivity contribution in [1.29, 1.82) is 0 Å². The summed E-state index contributed by atoms with van der Waals surface area (Å²) in [6.45, 7) is 15.7. The Morgan fingerprint density at radius 3 is 2.03 bits per heavy atom. The summed E-state index contributed by atoms with van der Waals surface area (Å²) in [5.74, 6) is -8.27. The number of ether oxygens (including phenoxy) is 9. The van der Waals surface area contributed by atoms with Crippen LogP contribution in [0.5, 0.6) is 0 Å². The van der Waals surface area contributed by atoms with E-state index in [1.165, 1.54) is 62.6 Å². The maximum Gasteiger partial charge on any atom is 0.408 e. The number of aliphatic hydroxyl groups excluding tert-OH is 2. The van der Waals surface area contributed by atoms with Crippen LogP contribution in [0.1, 0.15) is 157 Å². The van der Waals surface area contributed by atoms with Gasteiger partial charge < -0.3 is 106 Å². The highest BCUT2D eigenvalue weighted by molar-refractivity contribution is 6.02. The molecule has 0 radical (unpaired) electrons. The molecule has 35 heteroatoms. The Morgan fingerprint density at radius 1 is 0.726 bits per heavy atom. The van der Waals surface area contributed by atoms with E-state index in [0.29, 0.717) is 75.0 Å². The predicted octanol–water partition coefficient (Wildman–Crippen LogP) is 5.30. The van der Waals surface area contributed by atoms with Crippen molar-refractivity contribution in [3.8, 4) is 0 Å². The number of amides is 9. The van der Waals surface area contributed by atoms with Crippen LogP contribution in [0.15, 0.2) is 60.7 Å². The number of urea groups is 1. The third-order valence-corrected chi connectivity index (χ3v) is 23.9. The van der Waals surface area contributed by atoms with Crippen molar-refractivity contribution >= 4 is 76.9 Å². The Labute approximate surface area is 680 Å². The van der Waals surface area contributed by atoms with Crippen molar-refractivity contribution < 1.29 is 124 Å². The van der Waals surface area contributed by atoms with Crippen molar-refractivity contribution in [1.82, 2.24) is 37.2 Å². The molecule has 8 rings (SSSR count). The number of halogens is 2. The van der Waals surface area contributed by atoms with E-state index in [4.69, 9.17) is 48.4 Å². The van der Waals surface area contributed by atoms with Gasteiger partial charge in [0.2, 0.25) is 35.3 Å². The number of carbonyl (C=O) groups is 12. The number of benzene rings is 1. The van der Waals surface area contributed by atoms with Crippen LogP contribution in [0.4, 0.5) is 28.9 Å². The van der Waals surface area contributed by atoms with Gasteiger partial charge in [0.25, 0.3) is 0 Å². The number of ketones is 2. The van der Waals surface area contributed by atoms with E-state index in [1.54, 1.807) is 34.6 Å². The molecular weight excluding hydrogens is 1530 g/mol. The molecule has 6 fully saturated rings. The second-order valence-electron chi connectivity index (χ2n) is 32.7. The van der Waals surface area contributed by atoms with Gasteiger partial charge in [-0.2, -0.15) is 0 Å². The zero-order chi connectivity index (χ0) is 85.4. The number of nitrogens with one attached hydrogen (secondary N) is 8. The Bertz CT molecular complexity index is 3690. The van der Waals surface area contributed by atoms with E-state index in [-0.39, 0.29) is 102 Å². The first-order valence-corrected chi connectivity index (χ1v) is 41.0. The first kappa shape index (κ1) is 93.9. The smallest absolute Gasteiger partial charge is 0.408 e. The highest BCUT2D eigenvalue weighted by atomic mass is 19.1. The van der Waals surface area contributed by atoms with Gasteiger partial charge in [-0.25, -0.2) is 28.0 Å². The molecule has 9 amide bonds. The first-order valence-electron chi connectivity index (χ1n) is 41.0. The molecule has 33 nitrogen and oxygen atoms in total. The van der Waals surface area contributed by atoms with Gasteiger partial charge in [-0.3, -0.25) is 38.4 Å². The van der Waals surface area contributed by atoms with E-state index in [0.717, 1.165) is 18.9 Å². The van der Waals surface area contributed by atoms with Crippen LogP contribution in [0.25, 0.3) is 0 Å². The van der Waals surface area contributed by atoms with Crippen molar-refractivity contribution in [2.24, 2.45) is 63.9 Å². The maximum atomic E-state index is 18.1. The molecule has 1 heterocycles. The SMILES string of the molecule is C=CC1CCC[C@H]2[C@@H](CC1)[C@H]2COC(=O)NCCOCCOCCOCCOCCC(=O)N[C@@H](CCC(=O)O)C(=O)N[C@H](C(=O)N[C@@H](CCCNC(N)=O)C(=O)Nc1ccc(COC(=O)N[C@@H](CO)C(=O)N[C@@H](CC(C)C)C(=O)OCC(=O)[C@@]23OC(CCC)O[C@@H]2CC2[C@@H]4C[C@H](F)C5=CC(=O)C=C[C@]5(C)[C@@]4(F)[C@@H](O)C[C@@]23C)cc1)C(C)C. The molecule has 6 aliphatic carbocycles. The molecule has 13 N–H and O–H groups in total. The zero-order valence-electron chi connectivity index (χ0n) is 68.1. The number of hydrogen-bond acceptors (Lipinski definition) is 23. The minimum Gasteiger partial charge on any atom is -0.481 e. The van der Waals surface area contributed by atoms with E-state index >= 15 is 8.78 Å². The molecule has 1 aromatic carbocycles. The Hall–Kier alpha value is -8.58. The molecule has 5 saturated carbocycles. The molecule has 117 heavy (non-hydrogen) atoms. The van der Waals surface area contributed by atoms with Gasteiger partial charge in [-0.15, -0.1) is 6.58 Å². The zero-order valence-corrected chi connectivity index (χ0v) is 68.1. The largest absolute Gasteiger partial charge is 0.481 e. The molecule has 19 atom stereocenters. The lowest BCUT2D eigenvalue weighted by atomic mass is 9.44. The van der Waals surface area contributed by atoms with Crippen molar-refractivity contribution in [2.75, 3.05) is 91.1 Å². The highest BCUT2D eigenvalue weighted by Crippen LogP contribution is 2.72. The van der Waals surface area contributed by atoms with Gasteiger partial charge in [0.1, 0.15) is 43.0 Å². The lowest BCUT2D eigenvalue weighted by Gasteiger charge is -2.63. The lowest BCUT2D eigenvalue weighted by molar-refractivity contribution is -0.235. The van der Waals surface area contributed by atoms with Gasteiger partial charge >= 0.3 is 30.2 Å². The molecule has 1 aliphatic heterocycles. The average molecular weight is 1650 g/mol. The number of carboxylic acid groups (broad SMARTS) is 1. The summed E-state index contributed by atoms with van der Waals surface area (Å²) < 4.78 is 85.9. The van der Waals surface area contributed by atoms with Crippen molar-refractivity contribution in [3.63, 3.8) is 0 Å². The lowest BCUT2D eigenvalue weighted by Crippen LogP contribution is -2.71. The van der Waals surface area contributed by atoms with E-state index in [2.05, 4.69) is 55.2 Å². The molecule has 0 spiro atoms. The fourth-order valence-corrected chi connectivity index (χ4v) is 17.7. The Morgan fingerprint density at radius 2 is 1.38 bits per heavy atom. The number of hydrogen-bond donors (Lipinski definition) is 12. The number of fused-ring (bicyclic) bond motifs is 8. The van der Waals surface area contributed by atoms with Crippen molar-refractivity contribution in [3.05, 3.63) is 66.3 Å². The van der Waals surface area contributed by atoms with Crippen molar-refractivity contribution in [2.45, 2.75) is 224 Å². The highest BCUT2D eigenvalue weighted by Gasteiger charge is 2.80. The number of carboxylic acids is 1. The monoisotopic (exact) mass is 1650 g/mol. The number of primary amides is 1. The summed E-state index contributed by atoms with van der Waals surface area (Å²) in [5.41, 5.74) is -1.70. The second kappa shape index (κ2) is 43.9. The number of carbonyl (C=O) groups excluding carboxylic acids is 11. The van der Waals surface area contributed by atoms with Crippen LogP contribution in [-0.4, -0.2) is 238 Å². The van der Waals surface area contributed by atoms with Crippen LogP contribution in [-0.2, 0) is 92.4 Å². The topological polar surface area (TPSA) is 471 Å². The molecule has 1 saturated heterocycles. The summed E-state index contributed by atoms with van der Waals surface area (Å²) in [7, 11) is 0. The number of alkyl halides is 2. The number of aliphatic carboxylic acids is 1. The average Bonchev–Trinajstić information content (AvgIpc) is 1.53. The quantitative estimate of drug-likeness (QED) is 0.0170. The van der Waals surface area contributed by atoms with Crippen LogP contribution in [0, 0.1) is 58.2 Å². The Balaban J connectivity index is 0.749. The summed E-state index contributed by atoms with van der Waals surface area (Å²) in [4.78, 5) is 159. The third kappa shape index (κ3) is 24.6. The van der Waals surface area contributed by atoms with Crippen LogP contribution in [0.2, 0.25) is 0 Å². The van der Waals surface area contributed by atoms with Crippen LogP contribution in [0.3, 0.4) is 0 Å². The van der Waals surface area contributed by atoms with Crippen LogP contribution >= 0.6 is 0 Å². The van der Waals surface area contributed by atoms with Gasteiger partial charge in [0, 0.05) is 48.4 Å². The molecule has 7 aliphatic rings. The molecule has 0 bridgehead atoms. The van der Waals surface area contributed by atoms with Gasteiger partial charge in [0.15, 0.2) is 29.9 Å². The Kier molecular flexibility index (Phi) is 35.3. The fourth-order valence-electron chi connectivity index (χ4n) is 17.7. The number of esters is 1. The molecule has 3 unspecified atom stereocenters. The molecular formula is C82H121F2N9O24. The molecule has 652 valence electrons. The fraction of sp³-hybridized carbons (Fsp3) is 0.707. The standard InChI is InChI=1S/C82H121F2N9O24/c1-9-13-69-116-66-41-56-57-40-59(83)58-39-52(95)25-27-79(58,7)81(57,84)64(96)42-80(56,8)82(66,117-69)65(97)46-113-75(105)62(38-47(3)4)91-73(103)63(43-94)92-78(108)114-44-50-17-20-51(21-18-50)88-71(101)60(16-12-28-86-76(85)106)90-74(104)70(48(5)6)93-72(102)61(23-24-68(99)100)89-67(98)26-30-109-32-34-111-36-37-112-35-33-110-31-29-87-77(107)115-45-55-53-15-11-14-49(10-2)19-22-54(53)55/h10,17-18,20-21,25,27,39,47-49,53-57,59-64,66,69-70,94,96H,2,9,11-16,19,22-24,26,28-38,40-46H2,1,3-8H3,(H,87,107)(H,88,101)(H,89,98)(H,90,104)(H,91,103)(H,92,108)(H,93,102)(H,99,100)(H3,85,86,106)/t49?,53-,54+,55-,56?,57-,59-,60-,61-,62-,63-,64-,66+,69?,70-,79-,80-,81-,82+/m0/s1. The van der Waals surface area contributed by atoms with Gasteiger partial charge in [0.05, 0.1) is 78.3 Å². The minimum absolute atomic E-state index is 0.00647. The summed E-state index contributed by atoms with van der Waals surface area (Å²) in [5, 5.41) is 52.2. The number of Topliss-reactive ketones (excluding diaryl/α,β-unsaturated/α-hetero) is 1. The second-order valence-corrected chi connectivity index (χ2v) is 32.7. The summed E-state index contributed by atoms with van der Waals surface area (Å²) in [6.07, 6.45) is 3.59. The van der Waals surface area contributed by atoms with E-state index in [1.807, 2.05) is 6.92 Å². The molecule has 0 aromatic heterocycles.